The molecular formula is C22H29N3O2. The Kier molecular flexibility index (Phi) is 4.58. The summed E-state index contributed by atoms with van der Waals surface area (Å²) in [5, 5.41) is 14.9. The van der Waals surface area contributed by atoms with Crippen molar-refractivity contribution in [2.24, 2.45) is 12.5 Å². The Morgan fingerprint density at radius 3 is 2.67 bits per heavy atom. The largest absolute Gasteiger partial charge is 0.396 e. The van der Waals surface area contributed by atoms with Gasteiger partial charge < -0.3 is 10.0 Å². The number of amides is 1. The van der Waals surface area contributed by atoms with E-state index < -0.39 is 0 Å². The standard InChI is InChI=1S/C22H29N3O2/c1-15(2)18-11-19(24(3)23-18)21(27)25-17-9-10-20(25)22(13-17,14-26)12-16-7-5-4-6-8-16/h4-8,11,15,17,20,26H,9-10,12-14H2,1-3H3/t17-,20+,22-/m0/s1. The molecule has 0 spiro atoms. The van der Waals surface area contributed by atoms with Crippen LogP contribution in [0.2, 0.25) is 0 Å². The second kappa shape index (κ2) is 6.79. The zero-order valence-corrected chi connectivity index (χ0v) is 16.4. The number of rotatable bonds is 5. The Balaban J connectivity index is 1.62. The number of carbonyl (C=O) groups is 1. The lowest BCUT2D eigenvalue weighted by molar-refractivity contribution is 0.0563. The van der Waals surface area contributed by atoms with E-state index in [-0.39, 0.29) is 30.0 Å². The van der Waals surface area contributed by atoms with Gasteiger partial charge in [-0.2, -0.15) is 5.10 Å². The fourth-order valence-electron chi connectivity index (χ4n) is 5.12. The molecule has 27 heavy (non-hydrogen) atoms. The third-order valence-electron chi connectivity index (χ3n) is 6.51. The van der Waals surface area contributed by atoms with Crippen molar-refractivity contribution in [3.8, 4) is 0 Å². The average Bonchev–Trinajstić information content (AvgIpc) is 3.33. The molecule has 3 atom stereocenters. The molecular weight excluding hydrogens is 338 g/mol. The third kappa shape index (κ3) is 2.98. The number of carbonyl (C=O) groups excluding carboxylic acids is 1. The summed E-state index contributed by atoms with van der Waals surface area (Å²) in [6.45, 7) is 4.30. The summed E-state index contributed by atoms with van der Waals surface area (Å²) in [6.07, 6.45) is 3.70. The average molecular weight is 367 g/mol. The monoisotopic (exact) mass is 367 g/mol. The molecule has 1 N–H and O–H groups in total. The van der Waals surface area contributed by atoms with E-state index >= 15 is 0 Å². The maximum Gasteiger partial charge on any atom is 0.272 e. The molecule has 5 heteroatoms. The fraction of sp³-hybridized carbons (Fsp3) is 0.545. The van der Waals surface area contributed by atoms with Gasteiger partial charge in [-0.1, -0.05) is 44.2 Å². The molecule has 144 valence electrons. The quantitative estimate of drug-likeness (QED) is 0.883. The normalized spacial score (nSPS) is 26.9. The van der Waals surface area contributed by atoms with E-state index in [2.05, 4.69) is 36.0 Å². The summed E-state index contributed by atoms with van der Waals surface area (Å²) in [7, 11) is 1.85. The van der Waals surface area contributed by atoms with E-state index in [4.69, 9.17) is 0 Å². The highest BCUT2D eigenvalue weighted by atomic mass is 16.3. The predicted octanol–water partition coefficient (Wildman–Crippen LogP) is 3.14. The molecule has 0 aliphatic carbocycles. The number of nitrogens with zero attached hydrogens (tertiary/aromatic N) is 3. The topological polar surface area (TPSA) is 58.4 Å². The molecule has 2 aliphatic rings. The van der Waals surface area contributed by atoms with E-state index in [9.17, 15) is 9.90 Å². The number of aryl methyl sites for hydroxylation is 1. The van der Waals surface area contributed by atoms with Gasteiger partial charge in [-0.25, -0.2) is 0 Å². The molecule has 0 unspecified atom stereocenters. The molecule has 0 saturated carbocycles. The number of fused-ring (bicyclic) bond motifs is 2. The Morgan fingerprint density at radius 2 is 2.04 bits per heavy atom. The number of hydrogen-bond acceptors (Lipinski definition) is 3. The number of aromatic nitrogens is 2. The molecule has 2 aromatic rings. The van der Waals surface area contributed by atoms with E-state index in [1.54, 1.807) is 4.68 Å². The lowest BCUT2D eigenvalue weighted by Gasteiger charge is -2.36. The van der Waals surface area contributed by atoms with Crippen molar-refractivity contribution in [2.75, 3.05) is 6.61 Å². The van der Waals surface area contributed by atoms with Crippen LogP contribution < -0.4 is 0 Å². The van der Waals surface area contributed by atoms with Crippen molar-refractivity contribution in [1.29, 1.82) is 0 Å². The van der Waals surface area contributed by atoms with Crippen LogP contribution in [0.3, 0.4) is 0 Å². The highest BCUT2D eigenvalue weighted by Gasteiger charge is 2.57. The predicted molar refractivity (Wildman–Crippen MR) is 105 cm³/mol. The lowest BCUT2D eigenvalue weighted by atomic mass is 9.70. The van der Waals surface area contributed by atoms with Gasteiger partial charge in [0.15, 0.2) is 0 Å². The van der Waals surface area contributed by atoms with Crippen molar-refractivity contribution in [1.82, 2.24) is 14.7 Å². The number of aliphatic hydroxyl groups is 1. The Bertz CT molecular complexity index is 829. The summed E-state index contributed by atoms with van der Waals surface area (Å²) >= 11 is 0. The molecule has 4 rings (SSSR count). The summed E-state index contributed by atoms with van der Waals surface area (Å²) in [5.41, 5.74) is 2.60. The maximum atomic E-state index is 13.4. The highest BCUT2D eigenvalue weighted by Crippen LogP contribution is 2.51. The minimum Gasteiger partial charge on any atom is -0.396 e. The first-order valence-electron chi connectivity index (χ1n) is 9.96. The van der Waals surface area contributed by atoms with E-state index in [1.807, 2.05) is 31.3 Å². The summed E-state index contributed by atoms with van der Waals surface area (Å²) < 4.78 is 1.72. The van der Waals surface area contributed by atoms with Crippen molar-refractivity contribution < 1.29 is 9.90 Å². The van der Waals surface area contributed by atoms with Gasteiger partial charge in [0.05, 0.1) is 12.3 Å². The highest BCUT2D eigenvalue weighted by molar-refractivity contribution is 5.93. The molecule has 1 amide bonds. The second-order valence-electron chi connectivity index (χ2n) is 8.58. The number of benzene rings is 1. The number of aliphatic hydroxyl groups excluding tert-OH is 1. The molecule has 5 nitrogen and oxygen atoms in total. The van der Waals surface area contributed by atoms with Crippen LogP contribution in [0, 0.1) is 5.41 Å². The van der Waals surface area contributed by atoms with Crippen molar-refractivity contribution in [2.45, 2.75) is 57.5 Å². The van der Waals surface area contributed by atoms with Crippen LogP contribution in [0.4, 0.5) is 0 Å². The molecule has 2 saturated heterocycles. The lowest BCUT2D eigenvalue weighted by Crippen LogP contribution is -2.44. The Labute approximate surface area is 161 Å². The molecule has 1 aromatic heterocycles. The van der Waals surface area contributed by atoms with Gasteiger partial charge in [-0.15, -0.1) is 0 Å². The molecule has 3 heterocycles. The van der Waals surface area contributed by atoms with Crippen LogP contribution in [0.25, 0.3) is 0 Å². The Morgan fingerprint density at radius 1 is 1.30 bits per heavy atom. The third-order valence-corrected chi connectivity index (χ3v) is 6.51. The first-order valence-corrected chi connectivity index (χ1v) is 9.96. The van der Waals surface area contributed by atoms with Gasteiger partial charge in [0.1, 0.15) is 5.69 Å². The summed E-state index contributed by atoms with van der Waals surface area (Å²) in [4.78, 5) is 15.5. The molecule has 1 aromatic carbocycles. The van der Waals surface area contributed by atoms with Crippen LogP contribution in [0.1, 0.15) is 60.8 Å². The first kappa shape index (κ1) is 18.2. The van der Waals surface area contributed by atoms with Gasteiger partial charge in [-0.3, -0.25) is 9.48 Å². The summed E-state index contributed by atoms with van der Waals surface area (Å²) in [6, 6.07) is 12.6. The first-order chi connectivity index (χ1) is 12.9. The van der Waals surface area contributed by atoms with Crippen LogP contribution in [0.5, 0.6) is 0 Å². The van der Waals surface area contributed by atoms with Gasteiger partial charge in [0.25, 0.3) is 5.91 Å². The smallest absolute Gasteiger partial charge is 0.272 e. The van der Waals surface area contributed by atoms with E-state index in [0.29, 0.717) is 11.6 Å². The van der Waals surface area contributed by atoms with Crippen LogP contribution in [-0.2, 0) is 13.5 Å². The van der Waals surface area contributed by atoms with E-state index in [0.717, 1.165) is 31.4 Å². The Hall–Kier alpha value is -2.14. The van der Waals surface area contributed by atoms with Crippen LogP contribution in [0.15, 0.2) is 36.4 Å². The molecule has 2 aliphatic heterocycles. The van der Waals surface area contributed by atoms with Crippen LogP contribution in [-0.4, -0.2) is 44.4 Å². The molecule has 2 fully saturated rings. The van der Waals surface area contributed by atoms with Gasteiger partial charge in [0.2, 0.25) is 0 Å². The van der Waals surface area contributed by atoms with Gasteiger partial charge in [-0.05, 0) is 43.2 Å². The van der Waals surface area contributed by atoms with Gasteiger partial charge in [0, 0.05) is 24.5 Å². The number of hydrogen-bond donors (Lipinski definition) is 1. The minimum absolute atomic E-state index is 0.0628. The zero-order chi connectivity index (χ0) is 19.2. The fourth-order valence-corrected chi connectivity index (χ4v) is 5.12. The van der Waals surface area contributed by atoms with Gasteiger partial charge >= 0.3 is 0 Å². The maximum absolute atomic E-state index is 13.4. The van der Waals surface area contributed by atoms with Crippen molar-refractivity contribution in [3.05, 3.63) is 53.3 Å². The SMILES string of the molecule is CC(C)c1cc(C(=O)N2[C@H]3CC[C@@H]2[C@@](CO)(Cc2ccccc2)C3)n(C)n1. The van der Waals surface area contributed by atoms with Crippen molar-refractivity contribution in [3.63, 3.8) is 0 Å². The second-order valence-corrected chi connectivity index (χ2v) is 8.58. The zero-order valence-electron chi connectivity index (χ0n) is 16.4. The van der Waals surface area contributed by atoms with Crippen LogP contribution >= 0.6 is 0 Å². The molecule has 0 radical (unpaired) electrons. The van der Waals surface area contributed by atoms with E-state index in [1.165, 1.54) is 5.56 Å². The molecule has 2 bridgehead atoms. The summed E-state index contributed by atoms with van der Waals surface area (Å²) in [5.74, 6) is 0.357. The minimum atomic E-state index is -0.237. The van der Waals surface area contributed by atoms with Crippen molar-refractivity contribution >= 4 is 5.91 Å².